The van der Waals surface area contributed by atoms with E-state index >= 15 is 0 Å². The first kappa shape index (κ1) is 17.0. The van der Waals surface area contributed by atoms with Crippen molar-refractivity contribution in [1.29, 1.82) is 0 Å². The van der Waals surface area contributed by atoms with Gasteiger partial charge in [0.25, 0.3) is 0 Å². The summed E-state index contributed by atoms with van der Waals surface area (Å²) in [5, 5.41) is 3.21. The molecule has 120 valence electrons. The zero-order valence-electron chi connectivity index (χ0n) is 12.9. The Morgan fingerprint density at radius 3 is 2.67 bits per heavy atom. The smallest absolute Gasteiger partial charge is 0.247 e. The average molecular weight is 379 g/mol. The summed E-state index contributed by atoms with van der Waals surface area (Å²) in [7, 11) is -3.49. The van der Waals surface area contributed by atoms with E-state index in [-0.39, 0.29) is 15.0 Å². The predicted octanol–water partition coefficient (Wildman–Crippen LogP) is 2.96. The van der Waals surface area contributed by atoms with E-state index in [1.165, 1.54) is 0 Å². The van der Waals surface area contributed by atoms with Crippen LogP contribution < -0.4 is 5.32 Å². The quantitative estimate of drug-likeness (QED) is 0.855. The molecule has 1 aromatic heterocycles. The Morgan fingerprint density at radius 1 is 1.48 bits per heavy atom. The molecule has 0 unspecified atom stereocenters. The van der Waals surface area contributed by atoms with Crippen LogP contribution in [0.4, 0.5) is 0 Å². The Hall–Kier alpha value is -0.370. The van der Waals surface area contributed by atoms with Crippen molar-refractivity contribution in [2.45, 2.75) is 51.6 Å². The van der Waals surface area contributed by atoms with Gasteiger partial charge in [-0.15, -0.1) is 0 Å². The Kier molecular flexibility index (Phi) is 4.87. The van der Waals surface area contributed by atoms with E-state index in [9.17, 15) is 8.42 Å². The first-order valence-electron chi connectivity index (χ1n) is 7.13. The predicted molar refractivity (Wildman–Crippen MR) is 85.5 cm³/mol. The van der Waals surface area contributed by atoms with Crippen LogP contribution in [-0.2, 0) is 16.6 Å². The number of furan rings is 1. The molecule has 2 rings (SSSR count). The zero-order chi connectivity index (χ0) is 15.8. The molecule has 0 spiro atoms. The van der Waals surface area contributed by atoms with Crippen molar-refractivity contribution in [3.05, 3.63) is 16.5 Å². The number of rotatable bonds is 5. The first-order valence-corrected chi connectivity index (χ1v) is 9.37. The number of hydrogen-bond acceptors (Lipinski definition) is 4. The van der Waals surface area contributed by atoms with E-state index in [1.807, 2.05) is 13.8 Å². The molecule has 1 fully saturated rings. The summed E-state index contributed by atoms with van der Waals surface area (Å²) >= 11 is 3.24. The highest BCUT2D eigenvalue weighted by Gasteiger charge is 2.38. The molecule has 21 heavy (non-hydrogen) atoms. The number of hydrogen-bond donors (Lipinski definition) is 1. The lowest BCUT2D eigenvalue weighted by atomic mass is 9.93. The molecule has 7 heteroatoms. The molecule has 0 amide bonds. The van der Waals surface area contributed by atoms with Crippen molar-refractivity contribution >= 4 is 26.0 Å². The summed E-state index contributed by atoms with van der Waals surface area (Å²) in [6.45, 7) is 9.86. The van der Waals surface area contributed by atoms with Crippen LogP contribution in [0.2, 0.25) is 0 Å². The standard InChI is InChI=1S/C14H23BrN2O3S/c1-10(2)16-8-11-7-12(13(15)20-11)21(18,19)17-6-5-14(3,4)9-17/h7,10,16H,5-6,8-9H2,1-4H3. The van der Waals surface area contributed by atoms with Crippen molar-refractivity contribution in [3.8, 4) is 0 Å². The van der Waals surface area contributed by atoms with E-state index < -0.39 is 10.0 Å². The van der Waals surface area contributed by atoms with Crippen molar-refractivity contribution < 1.29 is 12.8 Å². The fourth-order valence-electron chi connectivity index (χ4n) is 2.37. The summed E-state index contributed by atoms with van der Waals surface area (Å²) in [5.41, 5.74) is 0.0330. The maximum atomic E-state index is 12.7. The molecule has 0 aromatic carbocycles. The number of nitrogens with zero attached hydrogens (tertiary/aromatic N) is 1. The van der Waals surface area contributed by atoms with Crippen molar-refractivity contribution in [3.63, 3.8) is 0 Å². The Balaban J connectivity index is 2.21. The van der Waals surface area contributed by atoms with Gasteiger partial charge in [0, 0.05) is 25.2 Å². The second-order valence-corrected chi connectivity index (χ2v) is 9.27. The minimum absolute atomic E-state index is 0.0330. The Labute approximate surface area is 135 Å². The van der Waals surface area contributed by atoms with Gasteiger partial charge in [-0.3, -0.25) is 0 Å². The third kappa shape index (κ3) is 3.88. The van der Waals surface area contributed by atoms with Gasteiger partial charge in [0.1, 0.15) is 10.7 Å². The third-order valence-corrected chi connectivity index (χ3v) is 6.35. The molecule has 1 saturated heterocycles. The maximum Gasteiger partial charge on any atom is 0.247 e. The zero-order valence-corrected chi connectivity index (χ0v) is 15.3. The summed E-state index contributed by atoms with van der Waals surface area (Å²) in [6.07, 6.45) is 0.878. The van der Waals surface area contributed by atoms with Gasteiger partial charge in [-0.1, -0.05) is 27.7 Å². The Morgan fingerprint density at radius 2 is 2.14 bits per heavy atom. The van der Waals surface area contributed by atoms with Crippen LogP contribution in [0.25, 0.3) is 0 Å². The number of nitrogens with one attached hydrogen (secondary N) is 1. The van der Waals surface area contributed by atoms with Gasteiger partial charge >= 0.3 is 0 Å². The molecule has 0 saturated carbocycles. The van der Waals surface area contributed by atoms with E-state index in [0.29, 0.717) is 31.4 Å². The van der Waals surface area contributed by atoms with Gasteiger partial charge in [-0.05, 0) is 27.8 Å². The maximum absolute atomic E-state index is 12.7. The molecule has 5 nitrogen and oxygen atoms in total. The Bertz CT molecular complexity index is 608. The van der Waals surface area contributed by atoms with Gasteiger partial charge in [0.2, 0.25) is 10.0 Å². The largest absolute Gasteiger partial charge is 0.452 e. The average Bonchev–Trinajstić information content (AvgIpc) is 2.90. The van der Waals surface area contributed by atoms with Gasteiger partial charge in [-0.25, -0.2) is 8.42 Å². The molecule has 0 atom stereocenters. The summed E-state index contributed by atoms with van der Waals surface area (Å²) < 4.78 is 32.8. The highest BCUT2D eigenvalue weighted by molar-refractivity contribution is 9.10. The second-order valence-electron chi connectivity index (χ2n) is 6.64. The van der Waals surface area contributed by atoms with Crippen LogP contribution in [0.5, 0.6) is 0 Å². The van der Waals surface area contributed by atoms with Gasteiger partial charge in [0.15, 0.2) is 4.67 Å². The molecular weight excluding hydrogens is 356 g/mol. The van der Waals surface area contributed by atoms with E-state index in [0.717, 1.165) is 6.42 Å². The fourth-order valence-corrected chi connectivity index (χ4v) is 4.96. The molecule has 0 radical (unpaired) electrons. The summed E-state index contributed by atoms with van der Waals surface area (Å²) in [5.74, 6) is 0.618. The second kappa shape index (κ2) is 6.02. The lowest BCUT2D eigenvalue weighted by Gasteiger charge is -2.19. The lowest BCUT2D eigenvalue weighted by molar-refractivity contribution is 0.375. The van der Waals surface area contributed by atoms with Crippen LogP contribution in [0.3, 0.4) is 0 Å². The molecule has 1 N–H and O–H groups in total. The number of halogens is 1. The fraction of sp³-hybridized carbons (Fsp3) is 0.714. The summed E-state index contributed by atoms with van der Waals surface area (Å²) in [6, 6.07) is 1.92. The lowest BCUT2D eigenvalue weighted by Crippen LogP contribution is -2.30. The van der Waals surface area contributed by atoms with Gasteiger partial charge in [0.05, 0.1) is 6.54 Å². The third-order valence-electron chi connectivity index (χ3n) is 3.65. The highest BCUT2D eigenvalue weighted by Crippen LogP contribution is 2.35. The van der Waals surface area contributed by atoms with E-state index in [2.05, 4.69) is 35.1 Å². The van der Waals surface area contributed by atoms with Crippen molar-refractivity contribution in [1.82, 2.24) is 9.62 Å². The number of sulfonamides is 1. The monoisotopic (exact) mass is 378 g/mol. The van der Waals surface area contributed by atoms with Crippen LogP contribution >= 0.6 is 15.9 Å². The minimum Gasteiger partial charge on any atom is -0.452 e. The summed E-state index contributed by atoms with van der Waals surface area (Å²) in [4.78, 5) is 0.223. The van der Waals surface area contributed by atoms with Crippen molar-refractivity contribution in [2.75, 3.05) is 13.1 Å². The van der Waals surface area contributed by atoms with Crippen LogP contribution in [0, 0.1) is 5.41 Å². The molecule has 2 heterocycles. The van der Waals surface area contributed by atoms with E-state index in [4.69, 9.17) is 4.42 Å². The molecular formula is C14H23BrN2O3S. The first-order chi connectivity index (χ1) is 9.62. The molecule has 0 aliphatic carbocycles. The van der Waals surface area contributed by atoms with Gasteiger partial charge in [-0.2, -0.15) is 4.31 Å². The van der Waals surface area contributed by atoms with E-state index in [1.54, 1.807) is 10.4 Å². The van der Waals surface area contributed by atoms with Crippen molar-refractivity contribution in [2.24, 2.45) is 5.41 Å². The normalized spacial score (nSPS) is 19.5. The topological polar surface area (TPSA) is 62.6 Å². The van der Waals surface area contributed by atoms with Crippen LogP contribution in [0.1, 0.15) is 39.9 Å². The van der Waals surface area contributed by atoms with Crippen LogP contribution in [0.15, 0.2) is 20.0 Å². The molecule has 0 bridgehead atoms. The molecule has 1 aromatic rings. The van der Waals surface area contributed by atoms with Crippen LogP contribution in [-0.4, -0.2) is 31.9 Å². The van der Waals surface area contributed by atoms with Gasteiger partial charge < -0.3 is 9.73 Å². The SMILES string of the molecule is CC(C)NCc1cc(S(=O)(=O)N2CCC(C)(C)C2)c(Br)o1. The highest BCUT2D eigenvalue weighted by atomic mass is 79.9. The molecule has 1 aliphatic rings. The minimum atomic E-state index is -3.49. The molecule has 1 aliphatic heterocycles.